The Morgan fingerprint density at radius 1 is 1.24 bits per heavy atom. The van der Waals surface area contributed by atoms with Gasteiger partial charge in [-0.1, -0.05) is 6.07 Å². The van der Waals surface area contributed by atoms with Crippen molar-refractivity contribution >= 4 is 5.91 Å². The minimum atomic E-state index is 0.0952. The molecular weight excluding hydrogens is 268 g/mol. The van der Waals surface area contributed by atoms with Crippen molar-refractivity contribution in [3.63, 3.8) is 0 Å². The summed E-state index contributed by atoms with van der Waals surface area (Å²) in [6.45, 7) is 7.08. The topological polar surface area (TPSA) is 42.0 Å². The summed E-state index contributed by atoms with van der Waals surface area (Å²) in [6, 6.07) is 6.21. The Labute approximate surface area is 125 Å². The molecular formula is C16H22N2O3. The summed E-state index contributed by atoms with van der Waals surface area (Å²) >= 11 is 0. The molecule has 0 unspecified atom stereocenters. The number of carbonyl (C=O) groups is 1. The van der Waals surface area contributed by atoms with Gasteiger partial charge in [-0.3, -0.25) is 9.69 Å². The highest BCUT2D eigenvalue weighted by Gasteiger charge is 2.30. The summed E-state index contributed by atoms with van der Waals surface area (Å²) < 4.78 is 10.5. The standard InChI is InChI=1S/C16H22N2O3/c1-12-3-4-13(9-15(12)20-2)16(19)18-7-5-17(6-8-18)14-10-21-11-14/h3-4,9,14H,5-8,10-11H2,1-2H3. The van der Waals surface area contributed by atoms with Crippen LogP contribution in [-0.4, -0.2) is 68.3 Å². The molecule has 5 nitrogen and oxygen atoms in total. The second kappa shape index (κ2) is 6.03. The van der Waals surface area contributed by atoms with Gasteiger partial charge < -0.3 is 14.4 Å². The summed E-state index contributed by atoms with van der Waals surface area (Å²) in [5.74, 6) is 0.865. The third-order valence-electron chi connectivity index (χ3n) is 4.39. The van der Waals surface area contributed by atoms with E-state index in [1.165, 1.54) is 0 Å². The molecule has 1 aromatic rings. The van der Waals surface area contributed by atoms with Crippen molar-refractivity contribution in [3.05, 3.63) is 29.3 Å². The molecule has 0 aliphatic carbocycles. The Bertz CT molecular complexity index is 520. The lowest BCUT2D eigenvalue weighted by Crippen LogP contribution is -2.57. The van der Waals surface area contributed by atoms with Gasteiger partial charge in [0.05, 0.1) is 26.4 Å². The Morgan fingerprint density at radius 2 is 1.95 bits per heavy atom. The van der Waals surface area contributed by atoms with Crippen molar-refractivity contribution in [2.75, 3.05) is 46.5 Å². The van der Waals surface area contributed by atoms with E-state index in [0.717, 1.165) is 50.7 Å². The molecule has 0 atom stereocenters. The first kappa shape index (κ1) is 14.4. The third-order valence-corrected chi connectivity index (χ3v) is 4.39. The van der Waals surface area contributed by atoms with Crippen molar-refractivity contribution < 1.29 is 14.3 Å². The van der Waals surface area contributed by atoms with Crippen LogP contribution >= 0.6 is 0 Å². The van der Waals surface area contributed by atoms with Crippen LogP contribution in [-0.2, 0) is 4.74 Å². The molecule has 2 saturated heterocycles. The molecule has 2 fully saturated rings. The number of rotatable bonds is 3. The maximum atomic E-state index is 12.6. The molecule has 5 heteroatoms. The maximum Gasteiger partial charge on any atom is 0.254 e. The number of benzene rings is 1. The van der Waals surface area contributed by atoms with E-state index in [9.17, 15) is 4.79 Å². The molecule has 2 heterocycles. The van der Waals surface area contributed by atoms with Gasteiger partial charge in [-0.15, -0.1) is 0 Å². The summed E-state index contributed by atoms with van der Waals surface area (Å²) in [7, 11) is 1.63. The van der Waals surface area contributed by atoms with E-state index < -0.39 is 0 Å². The highest BCUT2D eigenvalue weighted by molar-refractivity contribution is 5.94. The zero-order valence-corrected chi connectivity index (χ0v) is 12.7. The van der Waals surface area contributed by atoms with E-state index in [1.54, 1.807) is 7.11 Å². The van der Waals surface area contributed by atoms with Gasteiger partial charge in [0.1, 0.15) is 5.75 Å². The monoisotopic (exact) mass is 290 g/mol. The molecule has 0 aromatic heterocycles. The van der Waals surface area contributed by atoms with Crippen LogP contribution in [0.3, 0.4) is 0 Å². The summed E-state index contributed by atoms with van der Waals surface area (Å²) in [5, 5.41) is 0. The quantitative estimate of drug-likeness (QED) is 0.838. The second-order valence-electron chi connectivity index (χ2n) is 5.70. The Balaban J connectivity index is 1.63. The number of aryl methyl sites for hydroxylation is 1. The lowest BCUT2D eigenvalue weighted by Gasteiger charge is -2.42. The van der Waals surface area contributed by atoms with Crippen LogP contribution in [0.1, 0.15) is 15.9 Å². The molecule has 2 aliphatic heterocycles. The van der Waals surface area contributed by atoms with Crippen molar-refractivity contribution in [2.24, 2.45) is 0 Å². The fourth-order valence-electron chi connectivity index (χ4n) is 2.86. The van der Waals surface area contributed by atoms with Gasteiger partial charge in [-0.05, 0) is 24.6 Å². The Kier molecular flexibility index (Phi) is 4.12. The molecule has 0 saturated carbocycles. The zero-order valence-electron chi connectivity index (χ0n) is 12.7. The van der Waals surface area contributed by atoms with Crippen LogP contribution in [0, 0.1) is 6.92 Å². The minimum Gasteiger partial charge on any atom is -0.496 e. The molecule has 0 radical (unpaired) electrons. The molecule has 1 amide bonds. The first-order chi connectivity index (χ1) is 10.2. The number of piperazine rings is 1. The van der Waals surface area contributed by atoms with E-state index in [-0.39, 0.29) is 5.91 Å². The largest absolute Gasteiger partial charge is 0.496 e. The summed E-state index contributed by atoms with van der Waals surface area (Å²) in [5.41, 5.74) is 1.75. The zero-order chi connectivity index (χ0) is 14.8. The number of nitrogens with zero attached hydrogens (tertiary/aromatic N) is 2. The number of ether oxygens (including phenoxy) is 2. The van der Waals surface area contributed by atoms with Crippen LogP contribution in [0.2, 0.25) is 0 Å². The van der Waals surface area contributed by atoms with E-state index in [0.29, 0.717) is 11.6 Å². The highest BCUT2D eigenvalue weighted by atomic mass is 16.5. The number of methoxy groups -OCH3 is 1. The minimum absolute atomic E-state index is 0.0952. The van der Waals surface area contributed by atoms with E-state index in [2.05, 4.69) is 4.90 Å². The molecule has 0 bridgehead atoms. The van der Waals surface area contributed by atoms with Crippen molar-refractivity contribution in [2.45, 2.75) is 13.0 Å². The highest BCUT2D eigenvalue weighted by Crippen LogP contribution is 2.21. The predicted molar refractivity (Wildman–Crippen MR) is 79.8 cm³/mol. The number of hydrogen-bond donors (Lipinski definition) is 0. The molecule has 114 valence electrons. The van der Waals surface area contributed by atoms with Gasteiger partial charge in [0.25, 0.3) is 5.91 Å². The predicted octanol–water partition coefficient (Wildman–Crippen LogP) is 1.16. The van der Waals surface area contributed by atoms with Gasteiger partial charge in [0.2, 0.25) is 0 Å². The second-order valence-corrected chi connectivity index (χ2v) is 5.70. The number of carbonyl (C=O) groups excluding carboxylic acids is 1. The van der Waals surface area contributed by atoms with Crippen molar-refractivity contribution in [1.29, 1.82) is 0 Å². The number of hydrogen-bond acceptors (Lipinski definition) is 4. The van der Waals surface area contributed by atoms with Gasteiger partial charge in [0, 0.05) is 31.7 Å². The first-order valence-corrected chi connectivity index (χ1v) is 7.45. The lowest BCUT2D eigenvalue weighted by atomic mass is 10.1. The first-order valence-electron chi connectivity index (χ1n) is 7.45. The fourth-order valence-corrected chi connectivity index (χ4v) is 2.86. The SMILES string of the molecule is COc1cc(C(=O)N2CCN(C3COC3)CC2)ccc1C. The third kappa shape index (κ3) is 2.89. The van der Waals surface area contributed by atoms with E-state index in [1.807, 2.05) is 30.0 Å². The van der Waals surface area contributed by atoms with Crippen LogP contribution < -0.4 is 4.74 Å². The van der Waals surface area contributed by atoms with E-state index >= 15 is 0 Å². The van der Waals surface area contributed by atoms with Gasteiger partial charge in [0.15, 0.2) is 0 Å². The van der Waals surface area contributed by atoms with Gasteiger partial charge in [-0.2, -0.15) is 0 Å². The maximum absolute atomic E-state index is 12.6. The average Bonchev–Trinajstić information content (AvgIpc) is 2.46. The van der Waals surface area contributed by atoms with Crippen molar-refractivity contribution in [1.82, 2.24) is 9.80 Å². The summed E-state index contributed by atoms with van der Waals surface area (Å²) in [4.78, 5) is 16.9. The molecule has 0 spiro atoms. The smallest absolute Gasteiger partial charge is 0.254 e. The van der Waals surface area contributed by atoms with Crippen LogP contribution in [0.15, 0.2) is 18.2 Å². The molecule has 2 aliphatic rings. The van der Waals surface area contributed by atoms with Crippen LogP contribution in [0.25, 0.3) is 0 Å². The summed E-state index contributed by atoms with van der Waals surface area (Å²) in [6.07, 6.45) is 0. The van der Waals surface area contributed by atoms with Gasteiger partial charge in [-0.25, -0.2) is 0 Å². The normalized spacial score (nSPS) is 20.2. The van der Waals surface area contributed by atoms with Crippen LogP contribution in [0.5, 0.6) is 5.75 Å². The number of amides is 1. The van der Waals surface area contributed by atoms with Crippen molar-refractivity contribution in [3.8, 4) is 5.75 Å². The Hall–Kier alpha value is -1.59. The molecule has 0 N–H and O–H groups in total. The fraction of sp³-hybridized carbons (Fsp3) is 0.562. The van der Waals surface area contributed by atoms with E-state index in [4.69, 9.17) is 9.47 Å². The molecule has 21 heavy (non-hydrogen) atoms. The lowest BCUT2D eigenvalue weighted by molar-refractivity contribution is -0.0746. The van der Waals surface area contributed by atoms with Gasteiger partial charge >= 0.3 is 0 Å². The molecule has 1 aromatic carbocycles. The Morgan fingerprint density at radius 3 is 2.52 bits per heavy atom. The molecule has 3 rings (SSSR count). The van der Waals surface area contributed by atoms with Crippen LogP contribution in [0.4, 0.5) is 0 Å². The average molecular weight is 290 g/mol.